The van der Waals surface area contributed by atoms with Crippen molar-refractivity contribution >= 4 is 5.91 Å². The number of carbonyl (C=O) groups is 1. The van der Waals surface area contributed by atoms with Crippen molar-refractivity contribution in [3.63, 3.8) is 0 Å². The van der Waals surface area contributed by atoms with Gasteiger partial charge in [-0.1, -0.05) is 6.92 Å². The Morgan fingerprint density at radius 1 is 1.48 bits per heavy atom. The van der Waals surface area contributed by atoms with Crippen LogP contribution in [0.1, 0.15) is 25.2 Å². The van der Waals surface area contributed by atoms with Gasteiger partial charge in [-0.2, -0.15) is 0 Å². The van der Waals surface area contributed by atoms with Crippen LogP contribution in [0, 0.1) is 5.92 Å². The minimum atomic E-state index is 0.0557. The highest BCUT2D eigenvalue weighted by molar-refractivity contribution is 5.79. The van der Waals surface area contributed by atoms with Crippen LogP contribution in [0.5, 0.6) is 0 Å². The van der Waals surface area contributed by atoms with Crippen molar-refractivity contribution in [3.8, 4) is 0 Å². The van der Waals surface area contributed by atoms with E-state index in [2.05, 4.69) is 21.4 Å². The smallest absolute Gasteiger partial charge is 0.228 e. The first-order valence-corrected chi connectivity index (χ1v) is 7.78. The van der Waals surface area contributed by atoms with E-state index in [0.717, 1.165) is 38.4 Å². The van der Waals surface area contributed by atoms with Gasteiger partial charge in [-0.25, -0.2) is 4.98 Å². The summed E-state index contributed by atoms with van der Waals surface area (Å²) in [5.41, 5.74) is 0. The second kappa shape index (κ2) is 6.15. The Bertz CT molecular complexity index is 496. The first kappa shape index (κ1) is 14.5. The van der Waals surface area contributed by atoms with Crippen molar-refractivity contribution < 1.29 is 9.53 Å². The lowest BCUT2D eigenvalue weighted by Gasteiger charge is -2.41. The number of carbonyl (C=O) groups excluding carboxylic acids is 1. The van der Waals surface area contributed by atoms with Gasteiger partial charge >= 0.3 is 0 Å². The fourth-order valence-corrected chi connectivity index (χ4v) is 3.33. The van der Waals surface area contributed by atoms with Crippen LogP contribution in [0.3, 0.4) is 0 Å². The van der Waals surface area contributed by atoms with Gasteiger partial charge < -0.3 is 14.2 Å². The topological polar surface area (TPSA) is 50.6 Å². The number of piperazine rings is 1. The standard InChI is InChI=1S/C15H24N4O2/c1-3-18-7-8-19(15(20)12-4-9-21-11-12)10-13(18)14-16-5-6-17(14)2/h5-6,12-13H,3-4,7-11H2,1-2H3/t12-,13+/m0/s1. The second-order valence-electron chi connectivity index (χ2n) is 5.89. The van der Waals surface area contributed by atoms with E-state index in [1.165, 1.54) is 0 Å². The molecule has 2 fully saturated rings. The lowest BCUT2D eigenvalue weighted by molar-refractivity contribution is -0.138. The maximum absolute atomic E-state index is 12.6. The lowest BCUT2D eigenvalue weighted by Crippen LogP contribution is -2.52. The van der Waals surface area contributed by atoms with Gasteiger partial charge in [-0.3, -0.25) is 9.69 Å². The molecule has 3 heterocycles. The number of amides is 1. The molecule has 0 aromatic carbocycles. The molecule has 1 aromatic rings. The molecule has 0 spiro atoms. The minimum absolute atomic E-state index is 0.0557. The number of hydrogen-bond donors (Lipinski definition) is 0. The third-order valence-electron chi connectivity index (χ3n) is 4.64. The molecule has 0 bridgehead atoms. The van der Waals surface area contributed by atoms with E-state index in [1.807, 2.05) is 24.3 Å². The summed E-state index contributed by atoms with van der Waals surface area (Å²) >= 11 is 0. The third kappa shape index (κ3) is 2.82. The zero-order valence-corrected chi connectivity index (χ0v) is 12.9. The first-order chi connectivity index (χ1) is 10.2. The van der Waals surface area contributed by atoms with Gasteiger partial charge in [-0.05, 0) is 13.0 Å². The molecule has 2 aliphatic rings. The maximum Gasteiger partial charge on any atom is 0.228 e. The number of nitrogens with zero attached hydrogens (tertiary/aromatic N) is 4. The largest absolute Gasteiger partial charge is 0.381 e. The summed E-state index contributed by atoms with van der Waals surface area (Å²) in [7, 11) is 2.02. The van der Waals surface area contributed by atoms with Gasteiger partial charge in [0.15, 0.2) is 0 Å². The Balaban J connectivity index is 1.75. The summed E-state index contributed by atoms with van der Waals surface area (Å²) in [4.78, 5) is 21.5. The number of aryl methyl sites for hydroxylation is 1. The van der Waals surface area contributed by atoms with E-state index in [9.17, 15) is 4.79 Å². The highest BCUT2D eigenvalue weighted by atomic mass is 16.5. The quantitative estimate of drug-likeness (QED) is 0.821. The number of hydrogen-bond acceptors (Lipinski definition) is 4. The summed E-state index contributed by atoms with van der Waals surface area (Å²) in [6.45, 7) is 6.89. The molecule has 0 radical (unpaired) electrons. The molecule has 0 unspecified atom stereocenters. The average Bonchev–Trinajstić information content (AvgIpc) is 3.17. The van der Waals surface area contributed by atoms with E-state index in [-0.39, 0.29) is 17.9 Å². The molecule has 21 heavy (non-hydrogen) atoms. The highest BCUT2D eigenvalue weighted by Crippen LogP contribution is 2.26. The minimum Gasteiger partial charge on any atom is -0.381 e. The van der Waals surface area contributed by atoms with Gasteiger partial charge in [0.05, 0.1) is 18.6 Å². The van der Waals surface area contributed by atoms with Gasteiger partial charge in [0.1, 0.15) is 5.82 Å². The number of aromatic nitrogens is 2. The molecule has 1 aromatic heterocycles. The Morgan fingerprint density at radius 2 is 2.33 bits per heavy atom. The van der Waals surface area contributed by atoms with E-state index >= 15 is 0 Å². The van der Waals surface area contributed by atoms with Crippen molar-refractivity contribution in [2.24, 2.45) is 13.0 Å². The normalized spacial score (nSPS) is 27.2. The molecule has 2 atom stereocenters. The fourth-order valence-electron chi connectivity index (χ4n) is 3.33. The van der Waals surface area contributed by atoms with E-state index < -0.39 is 0 Å². The van der Waals surface area contributed by atoms with Gasteiger partial charge in [0.2, 0.25) is 5.91 Å². The summed E-state index contributed by atoms with van der Waals surface area (Å²) in [5.74, 6) is 1.35. The van der Waals surface area contributed by atoms with Crippen LogP contribution in [0.25, 0.3) is 0 Å². The second-order valence-corrected chi connectivity index (χ2v) is 5.89. The molecule has 1 amide bonds. The number of ether oxygens (including phenoxy) is 1. The molecule has 0 N–H and O–H groups in total. The summed E-state index contributed by atoms with van der Waals surface area (Å²) in [5, 5.41) is 0. The van der Waals surface area contributed by atoms with E-state index in [1.54, 1.807) is 0 Å². The van der Waals surface area contributed by atoms with Crippen LogP contribution in [-0.4, -0.2) is 64.7 Å². The predicted molar refractivity (Wildman–Crippen MR) is 78.7 cm³/mol. The third-order valence-corrected chi connectivity index (χ3v) is 4.64. The van der Waals surface area contributed by atoms with Gasteiger partial charge in [-0.15, -0.1) is 0 Å². The molecule has 3 rings (SSSR count). The highest BCUT2D eigenvalue weighted by Gasteiger charge is 2.35. The zero-order chi connectivity index (χ0) is 14.8. The number of rotatable bonds is 3. The van der Waals surface area contributed by atoms with Crippen molar-refractivity contribution in [2.45, 2.75) is 19.4 Å². The lowest BCUT2D eigenvalue weighted by atomic mass is 10.0. The summed E-state index contributed by atoms with van der Waals surface area (Å²) in [6.07, 6.45) is 4.66. The zero-order valence-electron chi connectivity index (χ0n) is 12.9. The Kier molecular flexibility index (Phi) is 4.26. The molecule has 6 heteroatoms. The van der Waals surface area contributed by atoms with Crippen molar-refractivity contribution in [1.82, 2.24) is 19.4 Å². The molecule has 6 nitrogen and oxygen atoms in total. The maximum atomic E-state index is 12.6. The van der Waals surface area contributed by atoms with Crippen LogP contribution in [-0.2, 0) is 16.6 Å². The predicted octanol–water partition coefficient (Wildman–Crippen LogP) is 0.662. The van der Waals surface area contributed by atoms with Crippen LogP contribution < -0.4 is 0 Å². The SMILES string of the molecule is CCN1CCN(C(=O)[C@H]2CCOC2)C[C@@H]1c1nccn1C. The molecule has 2 saturated heterocycles. The van der Waals surface area contributed by atoms with Crippen molar-refractivity contribution in [1.29, 1.82) is 0 Å². The average molecular weight is 292 g/mol. The summed E-state index contributed by atoms with van der Waals surface area (Å²) in [6, 6.07) is 0.190. The van der Waals surface area contributed by atoms with Crippen LogP contribution in [0.2, 0.25) is 0 Å². The Hall–Kier alpha value is -1.40. The number of likely N-dealkylation sites (N-methyl/N-ethyl adjacent to an activating group) is 1. The fraction of sp³-hybridized carbons (Fsp3) is 0.733. The first-order valence-electron chi connectivity index (χ1n) is 7.78. The molecular formula is C15H24N4O2. The van der Waals surface area contributed by atoms with E-state index in [4.69, 9.17) is 4.74 Å². The van der Waals surface area contributed by atoms with Crippen molar-refractivity contribution in [2.75, 3.05) is 39.4 Å². The van der Waals surface area contributed by atoms with Crippen LogP contribution >= 0.6 is 0 Å². The molecule has 2 aliphatic heterocycles. The molecule has 116 valence electrons. The van der Waals surface area contributed by atoms with Crippen molar-refractivity contribution in [3.05, 3.63) is 18.2 Å². The van der Waals surface area contributed by atoms with Crippen LogP contribution in [0.4, 0.5) is 0 Å². The molecule has 0 aliphatic carbocycles. The van der Waals surface area contributed by atoms with E-state index in [0.29, 0.717) is 13.2 Å². The number of imidazole rings is 1. The van der Waals surface area contributed by atoms with Crippen LogP contribution in [0.15, 0.2) is 12.4 Å². The molecular weight excluding hydrogens is 268 g/mol. The molecule has 0 saturated carbocycles. The van der Waals surface area contributed by atoms with Gasteiger partial charge in [0.25, 0.3) is 0 Å². The van der Waals surface area contributed by atoms with Gasteiger partial charge in [0, 0.05) is 45.7 Å². The summed E-state index contributed by atoms with van der Waals surface area (Å²) < 4.78 is 7.41. The Morgan fingerprint density at radius 3 is 2.95 bits per heavy atom. The monoisotopic (exact) mass is 292 g/mol. The Labute approximate surface area is 125 Å².